The van der Waals surface area contributed by atoms with Gasteiger partial charge in [0.05, 0.1) is 0 Å². The normalized spacial score (nSPS) is 15.3. The molecule has 1 aliphatic heterocycles. The summed E-state index contributed by atoms with van der Waals surface area (Å²) in [7, 11) is 0. The van der Waals surface area contributed by atoms with Crippen LogP contribution in [0.15, 0.2) is 84.9 Å². The zero-order valence-corrected chi connectivity index (χ0v) is 14.5. The van der Waals surface area contributed by atoms with Crippen molar-refractivity contribution in [2.24, 2.45) is 0 Å². The lowest BCUT2D eigenvalue weighted by Gasteiger charge is -2.36. The molecule has 0 unspecified atom stereocenters. The summed E-state index contributed by atoms with van der Waals surface area (Å²) < 4.78 is 0. The highest BCUT2D eigenvalue weighted by molar-refractivity contribution is 5.66. The third-order valence-corrected chi connectivity index (χ3v) is 4.96. The molecule has 1 saturated heterocycles. The first-order valence-corrected chi connectivity index (χ1v) is 9.05. The summed E-state index contributed by atoms with van der Waals surface area (Å²) in [5.41, 5.74) is 5.30. The molecule has 4 rings (SSSR count). The van der Waals surface area contributed by atoms with Gasteiger partial charge in [-0.3, -0.25) is 4.90 Å². The van der Waals surface area contributed by atoms with Crippen LogP contribution in [-0.4, -0.2) is 31.1 Å². The number of piperazine rings is 1. The van der Waals surface area contributed by atoms with Crippen molar-refractivity contribution in [2.75, 3.05) is 31.1 Å². The van der Waals surface area contributed by atoms with Gasteiger partial charge in [-0.15, -0.1) is 0 Å². The fourth-order valence-corrected chi connectivity index (χ4v) is 3.50. The summed E-state index contributed by atoms with van der Waals surface area (Å²) in [6.07, 6.45) is 0. The first kappa shape index (κ1) is 15.9. The minimum absolute atomic E-state index is 1.06. The highest BCUT2D eigenvalue weighted by Crippen LogP contribution is 2.24. The summed E-state index contributed by atoms with van der Waals surface area (Å²) in [6, 6.07) is 30.3. The third kappa shape index (κ3) is 3.92. The van der Waals surface area contributed by atoms with Crippen molar-refractivity contribution < 1.29 is 0 Å². The molecule has 0 aromatic heterocycles. The molecule has 0 atom stereocenters. The van der Waals surface area contributed by atoms with E-state index in [0.29, 0.717) is 0 Å². The van der Waals surface area contributed by atoms with Crippen LogP contribution in [0.4, 0.5) is 5.69 Å². The van der Waals surface area contributed by atoms with Gasteiger partial charge in [-0.1, -0.05) is 72.8 Å². The van der Waals surface area contributed by atoms with Gasteiger partial charge in [0, 0.05) is 38.4 Å². The quantitative estimate of drug-likeness (QED) is 0.686. The van der Waals surface area contributed by atoms with Gasteiger partial charge in [0.2, 0.25) is 0 Å². The fraction of sp³-hybridized carbons (Fsp3) is 0.217. The van der Waals surface area contributed by atoms with E-state index in [1.807, 2.05) is 0 Å². The van der Waals surface area contributed by atoms with Gasteiger partial charge in [-0.25, -0.2) is 0 Å². The second-order valence-electron chi connectivity index (χ2n) is 6.66. The lowest BCUT2D eigenvalue weighted by molar-refractivity contribution is 0.250. The molecule has 0 bridgehead atoms. The molecule has 1 heterocycles. The lowest BCUT2D eigenvalue weighted by atomic mass is 10.1. The number of benzene rings is 3. The van der Waals surface area contributed by atoms with Crippen molar-refractivity contribution in [1.82, 2.24) is 4.90 Å². The first-order valence-electron chi connectivity index (χ1n) is 9.05. The van der Waals surface area contributed by atoms with Gasteiger partial charge in [0.1, 0.15) is 0 Å². The van der Waals surface area contributed by atoms with Crippen LogP contribution in [0.1, 0.15) is 5.56 Å². The highest BCUT2D eigenvalue weighted by atomic mass is 15.3. The summed E-state index contributed by atoms with van der Waals surface area (Å²) in [6.45, 7) is 5.49. The van der Waals surface area contributed by atoms with E-state index < -0.39 is 0 Å². The Kier molecular flexibility index (Phi) is 4.80. The van der Waals surface area contributed by atoms with Crippen LogP contribution in [0.3, 0.4) is 0 Å². The van der Waals surface area contributed by atoms with Crippen LogP contribution in [0.2, 0.25) is 0 Å². The maximum absolute atomic E-state index is 2.55. The van der Waals surface area contributed by atoms with E-state index in [0.717, 1.165) is 32.7 Å². The van der Waals surface area contributed by atoms with Crippen LogP contribution in [0.5, 0.6) is 0 Å². The van der Waals surface area contributed by atoms with E-state index in [4.69, 9.17) is 0 Å². The van der Waals surface area contributed by atoms with E-state index in [-0.39, 0.29) is 0 Å². The van der Waals surface area contributed by atoms with Gasteiger partial charge in [0.15, 0.2) is 0 Å². The minimum atomic E-state index is 1.06. The fourth-order valence-electron chi connectivity index (χ4n) is 3.50. The maximum Gasteiger partial charge on any atom is 0.0367 e. The third-order valence-electron chi connectivity index (χ3n) is 4.96. The Labute approximate surface area is 150 Å². The SMILES string of the molecule is c1ccc(CN2CCN(c3ccc(-c4ccccc4)cc3)CC2)cc1. The molecule has 0 amide bonds. The molecule has 0 N–H and O–H groups in total. The van der Waals surface area contributed by atoms with Crippen LogP contribution in [0.25, 0.3) is 11.1 Å². The highest BCUT2D eigenvalue weighted by Gasteiger charge is 2.17. The lowest BCUT2D eigenvalue weighted by Crippen LogP contribution is -2.45. The Balaban J connectivity index is 1.36. The molecule has 0 radical (unpaired) electrons. The standard InChI is InChI=1S/C23H24N2/c1-3-7-20(8-4-1)19-24-15-17-25(18-16-24)23-13-11-22(12-14-23)21-9-5-2-6-10-21/h1-14H,15-19H2. The van der Waals surface area contributed by atoms with Gasteiger partial charge in [0.25, 0.3) is 0 Å². The van der Waals surface area contributed by atoms with Gasteiger partial charge in [-0.05, 0) is 28.8 Å². The van der Waals surface area contributed by atoms with Gasteiger partial charge >= 0.3 is 0 Å². The molecule has 0 saturated carbocycles. The van der Waals surface area contributed by atoms with E-state index in [1.165, 1.54) is 22.4 Å². The summed E-state index contributed by atoms with van der Waals surface area (Å²) in [5, 5.41) is 0. The summed E-state index contributed by atoms with van der Waals surface area (Å²) in [4.78, 5) is 5.04. The Morgan fingerprint density at radius 2 is 1.12 bits per heavy atom. The molecule has 1 fully saturated rings. The molecule has 3 aromatic carbocycles. The van der Waals surface area contributed by atoms with Crippen LogP contribution in [-0.2, 0) is 6.54 Å². The minimum Gasteiger partial charge on any atom is -0.369 e. The van der Waals surface area contributed by atoms with E-state index >= 15 is 0 Å². The van der Waals surface area contributed by atoms with E-state index in [9.17, 15) is 0 Å². The predicted octanol–water partition coefficient (Wildman–Crippen LogP) is 4.68. The van der Waals surface area contributed by atoms with E-state index in [2.05, 4.69) is 94.7 Å². The number of rotatable bonds is 4. The number of hydrogen-bond acceptors (Lipinski definition) is 2. The topological polar surface area (TPSA) is 6.48 Å². The summed E-state index contributed by atoms with van der Waals surface area (Å²) in [5.74, 6) is 0. The molecule has 0 aliphatic carbocycles. The van der Waals surface area contributed by atoms with Gasteiger partial charge in [-0.2, -0.15) is 0 Å². The predicted molar refractivity (Wildman–Crippen MR) is 106 cm³/mol. The molecule has 3 aromatic rings. The molecule has 1 aliphatic rings. The van der Waals surface area contributed by atoms with Crippen LogP contribution < -0.4 is 4.90 Å². The Hall–Kier alpha value is -2.58. The molecule has 2 heteroatoms. The average Bonchev–Trinajstić information content (AvgIpc) is 2.70. The Morgan fingerprint density at radius 3 is 1.76 bits per heavy atom. The molecule has 2 nitrogen and oxygen atoms in total. The molecular weight excluding hydrogens is 304 g/mol. The van der Waals surface area contributed by atoms with Crippen LogP contribution >= 0.6 is 0 Å². The molecule has 126 valence electrons. The van der Waals surface area contributed by atoms with Crippen LogP contribution in [0, 0.1) is 0 Å². The second-order valence-corrected chi connectivity index (χ2v) is 6.66. The van der Waals surface area contributed by atoms with Crippen molar-refractivity contribution in [2.45, 2.75) is 6.54 Å². The Morgan fingerprint density at radius 1 is 0.560 bits per heavy atom. The van der Waals surface area contributed by atoms with Crippen molar-refractivity contribution in [3.63, 3.8) is 0 Å². The van der Waals surface area contributed by atoms with Crippen molar-refractivity contribution in [1.29, 1.82) is 0 Å². The number of anilines is 1. The zero-order chi connectivity index (χ0) is 16.9. The monoisotopic (exact) mass is 328 g/mol. The average molecular weight is 328 g/mol. The molecule has 25 heavy (non-hydrogen) atoms. The van der Waals surface area contributed by atoms with Gasteiger partial charge < -0.3 is 4.90 Å². The second kappa shape index (κ2) is 7.54. The zero-order valence-electron chi connectivity index (χ0n) is 14.5. The molecule has 0 spiro atoms. The smallest absolute Gasteiger partial charge is 0.0367 e. The largest absolute Gasteiger partial charge is 0.369 e. The first-order chi connectivity index (χ1) is 12.4. The maximum atomic E-state index is 2.55. The van der Waals surface area contributed by atoms with Crippen molar-refractivity contribution >= 4 is 5.69 Å². The summed E-state index contributed by atoms with van der Waals surface area (Å²) >= 11 is 0. The molecular formula is C23H24N2. The van der Waals surface area contributed by atoms with Crippen molar-refractivity contribution in [3.05, 3.63) is 90.5 Å². The number of nitrogens with zero attached hydrogens (tertiary/aromatic N) is 2. The van der Waals surface area contributed by atoms with E-state index in [1.54, 1.807) is 0 Å². The Bertz CT molecular complexity index is 773. The van der Waals surface area contributed by atoms with Crippen molar-refractivity contribution in [3.8, 4) is 11.1 Å². The number of hydrogen-bond donors (Lipinski definition) is 0.